The lowest BCUT2D eigenvalue weighted by Gasteiger charge is -2.47. The maximum Gasteiger partial charge on any atom is 0.0961 e. The summed E-state index contributed by atoms with van der Waals surface area (Å²) in [7, 11) is 0. The van der Waals surface area contributed by atoms with Crippen molar-refractivity contribution >= 4 is 22.8 Å². The van der Waals surface area contributed by atoms with Crippen molar-refractivity contribution in [3.8, 4) is 0 Å². The quantitative estimate of drug-likeness (QED) is 0.674. The van der Waals surface area contributed by atoms with Crippen LogP contribution in [0.3, 0.4) is 0 Å². The zero-order valence-corrected chi connectivity index (χ0v) is 10.8. The van der Waals surface area contributed by atoms with Gasteiger partial charge in [-0.15, -0.1) is 0 Å². The number of fused-ring (bicyclic) bond motifs is 5. The topological polar surface area (TPSA) is 25.2 Å². The minimum absolute atomic E-state index is 0.297. The Labute approximate surface area is 107 Å². The van der Waals surface area contributed by atoms with Gasteiger partial charge in [0.1, 0.15) is 0 Å². The highest BCUT2D eigenvalue weighted by Crippen LogP contribution is 2.56. The molecule has 2 nitrogen and oxygen atoms in total. The fraction of sp³-hybridized carbons (Fsp3) is 0.375. The third-order valence-corrected chi connectivity index (χ3v) is 4.63. The number of nitrogens with zero attached hydrogens (tertiary/aromatic N) is 2. The average Bonchev–Trinajstić information content (AvgIpc) is 2.34. The van der Waals surface area contributed by atoms with E-state index in [1.807, 2.05) is 6.20 Å². The van der Waals surface area contributed by atoms with Gasteiger partial charge in [-0.05, 0) is 42.9 Å². The van der Waals surface area contributed by atoms with Gasteiger partial charge >= 0.3 is 0 Å². The number of aryl methyl sites for hydroxylation is 1. The van der Waals surface area contributed by atoms with Crippen molar-refractivity contribution in [2.75, 3.05) is 0 Å². The van der Waals surface area contributed by atoms with Crippen LogP contribution in [0.1, 0.15) is 36.8 Å². The van der Waals surface area contributed by atoms with E-state index >= 15 is 0 Å². The third kappa shape index (κ3) is 1.18. The Bertz CT molecular complexity index is 687. The molecule has 1 fully saturated rings. The SMILES string of the molecule is Cc1cnc2c3c(ccc2c1)C1CCC1(C)C=N3. The zero-order chi connectivity index (χ0) is 12.3. The van der Waals surface area contributed by atoms with E-state index < -0.39 is 0 Å². The standard InChI is InChI=1S/C16H16N2/c1-10-7-11-3-4-12-13-5-6-16(13,2)9-18-15(12)14(11)17-8-10/h3-4,7-9,13H,5-6H2,1-2H3. The first kappa shape index (κ1) is 10.2. The summed E-state index contributed by atoms with van der Waals surface area (Å²) < 4.78 is 0. The van der Waals surface area contributed by atoms with Crippen LogP contribution in [0.5, 0.6) is 0 Å². The molecule has 90 valence electrons. The molecule has 0 radical (unpaired) electrons. The van der Waals surface area contributed by atoms with E-state index in [9.17, 15) is 0 Å². The van der Waals surface area contributed by atoms with Crippen molar-refractivity contribution < 1.29 is 0 Å². The molecule has 1 aliphatic heterocycles. The molecule has 2 heterocycles. The van der Waals surface area contributed by atoms with Gasteiger partial charge in [-0.3, -0.25) is 9.98 Å². The summed E-state index contributed by atoms with van der Waals surface area (Å²) in [4.78, 5) is 9.30. The molecule has 2 unspecified atom stereocenters. The first-order chi connectivity index (χ1) is 8.67. The summed E-state index contributed by atoms with van der Waals surface area (Å²) in [5.74, 6) is 0.650. The summed E-state index contributed by atoms with van der Waals surface area (Å²) in [6, 6.07) is 6.65. The predicted molar refractivity (Wildman–Crippen MR) is 74.7 cm³/mol. The van der Waals surface area contributed by atoms with Gasteiger partial charge in [-0.1, -0.05) is 19.1 Å². The summed E-state index contributed by atoms with van der Waals surface area (Å²) in [5, 5.41) is 1.20. The first-order valence-electron chi connectivity index (χ1n) is 6.62. The van der Waals surface area contributed by atoms with Gasteiger partial charge < -0.3 is 0 Å². The fourth-order valence-electron chi connectivity index (χ4n) is 3.35. The highest BCUT2D eigenvalue weighted by molar-refractivity contribution is 5.95. The van der Waals surface area contributed by atoms with Gasteiger partial charge in [-0.2, -0.15) is 0 Å². The van der Waals surface area contributed by atoms with Crippen LogP contribution in [0.2, 0.25) is 0 Å². The molecule has 0 saturated heterocycles. The van der Waals surface area contributed by atoms with Crippen LogP contribution in [0.4, 0.5) is 5.69 Å². The molecule has 0 bridgehead atoms. The molecule has 2 heteroatoms. The van der Waals surface area contributed by atoms with Crippen molar-refractivity contribution in [2.24, 2.45) is 10.4 Å². The van der Waals surface area contributed by atoms with Gasteiger partial charge in [0.05, 0.1) is 11.2 Å². The fourth-order valence-corrected chi connectivity index (χ4v) is 3.35. The second-order valence-corrected chi connectivity index (χ2v) is 5.94. The van der Waals surface area contributed by atoms with Gasteiger partial charge in [0.2, 0.25) is 0 Å². The summed E-state index contributed by atoms with van der Waals surface area (Å²) >= 11 is 0. The number of aliphatic imine (C=N–C) groups is 1. The lowest BCUT2D eigenvalue weighted by Crippen LogP contribution is -2.38. The number of aromatic nitrogens is 1. The molecule has 2 atom stereocenters. The monoisotopic (exact) mass is 236 g/mol. The van der Waals surface area contributed by atoms with E-state index in [0.29, 0.717) is 11.3 Å². The van der Waals surface area contributed by atoms with Gasteiger partial charge in [0.25, 0.3) is 0 Å². The summed E-state index contributed by atoms with van der Waals surface area (Å²) in [5.41, 5.74) is 5.06. The van der Waals surface area contributed by atoms with E-state index in [2.05, 4.69) is 43.2 Å². The van der Waals surface area contributed by atoms with Crippen molar-refractivity contribution in [3.05, 3.63) is 35.5 Å². The van der Waals surface area contributed by atoms with E-state index in [-0.39, 0.29) is 0 Å². The van der Waals surface area contributed by atoms with Gasteiger partial charge in [-0.25, -0.2) is 0 Å². The Morgan fingerprint density at radius 3 is 3.00 bits per heavy atom. The molecular weight excluding hydrogens is 220 g/mol. The zero-order valence-electron chi connectivity index (χ0n) is 10.8. The van der Waals surface area contributed by atoms with Crippen LogP contribution in [0, 0.1) is 12.3 Å². The molecule has 1 aromatic heterocycles. The number of pyridine rings is 1. The predicted octanol–water partition coefficient (Wildman–Crippen LogP) is 4.14. The molecule has 0 spiro atoms. The Hall–Kier alpha value is -1.70. The molecule has 1 aromatic carbocycles. The first-order valence-corrected chi connectivity index (χ1v) is 6.62. The van der Waals surface area contributed by atoms with Crippen LogP contribution in [-0.4, -0.2) is 11.2 Å². The van der Waals surface area contributed by atoms with Gasteiger partial charge in [0, 0.05) is 23.2 Å². The summed E-state index contributed by atoms with van der Waals surface area (Å²) in [6.07, 6.45) is 6.64. The molecule has 2 aromatic rings. The normalized spacial score (nSPS) is 28.7. The number of hydrogen-bond acceptors (Lipinski definition) is 2. The van der Waals surface area contributed by atoms with E-state index in [1.54, 1.807) is 0 Å². The Morgan fingerprint density at radius 1 is 1.33 bits per heavy atom. The number of rotatable bonds is 0. The van der Waals surface area contributed by atoms with E-state index in [1.165, 1.54) is 29.4 Å². The Kier molecular flexibility index (Phi) is 1.82. The molecule has 0 N–H and O–H groups in total. The largest absolute Gasteiger partial charge is 0.258 e. The minimum Gasteiger partial charge on any atom is -0.258 e. The van der Waals surface area contributed by atoms with Crippen LogP contribution < -0.4 is 0 Å². The van der Waals surface area contributed by atoms with Crippen LogP contribution >= 0.6 is 0 Å². The molecule has 18 heavy (non-hydrogen) atoms. The molecule has 2 aliphatic rings. The number of benzene rings is 1. The molecular formula is C16H16N2. The molecule has 0 amide bonds. The molecule has 4 rings (SSSR count). The van der Waals surface area contributed by atoms with Crippen LogP contribution in [0.25, 0.3) is 10.9 Å². The van der Waals surface area contributed by atoms with Crippen molar-refractivity contribution in [3.63, 3.8) is 0 Å². The highest BCUT2D eigenvalue weighted by Gasteiger charge is 2.45. The second kappa shape index (κ2) is 3.19. The second-order valence-electron chi connectivity index (χ2n) is 5.94. The lowest BCUT2D eigenvalue weighted by molar-refractivity contribution is 0.208. The van der Waals surface area contributed by atoms with Crippen LogP contribution in [-0.2, 0) is 0 Å². The minimum atomic E-state index is 0.297. The summed E-state index contributed by atoms with van der Waals surface area (Å²) in [6.45, 7) is 4.40. The van der Waals surface area contributed by atoms with Crippen molar-refractivity contribution in [2.45, 2.75) is 32.6 Å². The third-order valence-electron chi connectivity index (χ3n) is 4.63. The maximum absolute atomic E-state index is 4.72. The Morgan fingerprint density at radius 2 is 2.22 bits per heavy atom. The van der Waals surface area contributed by atoms with Crippen molar-refractivity contribution in [1.29, 1.82) is 0 Å². The van der Waals surface area contributed by atoms with Crippen molar-refractivity contribution in [1.82, 2.24) is 4.98 Å². The average molecular weight is 236 g/mol. The molecule has 1 aliphatic carbocycles. The van der Waals surface area contributed by atoms with E-state index in [4.69, 9.17) is 4.99 Å². The highest BCUT2D eigenvalue weighted by atomic mass is 14.8. The smallest absolute Gasteiger partial charge is 0.0961 e. The van der Waals surface area contributed by atoms with E-state index in [0.717, 1.165) is 11.2 Å². The van der Waals surface area contributed by atoms with Crippen LogP contribution in [0.15, 0.2) is 29.4 Å². The molecule has 1 saturated carbocycles. The number of hydrogen-bond donors (Lipinski definition) is 0. The van der Waals surface area contributed by atoms with Gasteiger partial charge in [0.15, 0.2) is 0 Å². The Balaban J connectivity index is 2.02. The maximum atomic E-state index is 4.72. The lowest BCUT2D eigenvalue weighted by atomic mass is 9.58.